The van der Waals surface area contributed by atoms with Crippen molar-refractivity contribution in [3.63, 3.8) is 0 Å². The van der Waals surface area contributed by atoms with Gasteiger partial charge in [0, 0.05) is 49.0 Å². The maximum atomic E-state index is 12.7. The molecule has 1 aliphatic rings. The summed E-state index contributed by atoms with van der Waals surface area (Å²) in [6, 6.07) is 8.08. The summed E-state index contributed by atoms with van der Waals surface area (Å²) in [6.45, 7) is 4.04. The lowest BCUT2D eigenvalue weighted by Crippen LogP contribution is -2.48. The minimum absolute atomic E-state index is 0.155. The number of rotatable bonds is 7. The Hall–Kier alpha value is -2.42. The molecule has 1 fully saturated rings. The molecule has 0 spiro atoms. The molecule has 0 radical (unpaired) electrons. The number of hydrogen-bond donors (Lipinski definition) is 0. The molecule has 1 aliphatic heterocycles. The molecule has 8 heteroatoms. The lowest BCUT2D eigenvalue weighted by Gasteiger charge is -2.34. The lowest BCUT2D eigenvalue weighted by molar-refractivity contribution is -0.132. The van der Waals surface area contributed by atoms with Crippen molar-refractivity contribution in [1.29, 1.82) is 0 Å². The fourth-order valence-corrected chi connectivity index (χ4v) is 5.10. The Balaban J connectivity index is 1.28. The Kier molecular flexibility index (Phi) is 6.66. The summed E-state index contributed by atoms with van der Waals surface area (Å²) >= 11 is 3.26. The highest BCUT2D eigenvalue weighted by Crippen LogP contribution is 2.28. The summed E-state index contributed by atoms with van der Waals surface area (Å²) < 4.78 is 10.7. The molecule has 4 rings (SSSR count). The van der Waals surface area contributed by atoms with Gasteiger partial charge in [-0.1, -0.05) is 6.07 Å². The lowest BCUT2D eigenvalue weighted by atomic mass is 10.1. The van der Waals surface area contributed by atoms with Crippen LogP contribution in [0.5, 0.6) is 11.5 Å². The smallest absolute Gasteiger partial charge is 0.228 e. The first-order valence-corrected chi connectivity index (χ1v) is 11.7. The molecule has 1 saturated heterocycles. The van der Waals surface area contributed by atoms with Gasteiger partial charge in [-0.15, -0.1) is 11.3 Å². The number of thiazole rings is 1. The summed E-state index contributed by atoms with van der Waals surface area (Å²) in [7, 11) is 3.29. The third-order valence-corrected chi connectivity index (χ3v) is 6.85. The van der Waals surface area contributed by atoms with Crippen LogP contribution in [0, 0.1) is 0 Å². The number of amides is 1. The monoisotopic (exact) mass is 443 g/mol. The number of carbonyl (C=O) groups is 1. The number of nitrogens with zero attached hydrogens (tertiary/aromatic N) is 3. The van der Waals surface area contributed by atoms with Crippen LogP contribution in [0.2, 0.25) is 0 Å². The fraction of sp³-hybridized carbons (Fsp3) is 0.364. The number of benzene rings is 1. The minimum atomic E-state index is 0.155. The van der Waals surface area contributed by atoms with Crippen molar-refractivity contribution in [1.82, 2.24) is 14.8 Å². The fourth-order valence-electron chi connectivity index (χ4n) is 3.57. The molecule has 2 aromatic heterocycles. The van der Waals surface area contributed by atoms with Crippen LogP contribution in [-0.4, -0.2) is 61.1 Å². The molecule has 0 atom stereocenters. The van der Waals surface area contributed by atoms with Gasteiger partial charge in [0.1, 0.15) is 5.01 Å². The van der Waals surface area contributed by atoms with Gasteiger partial charge in [0.25, 0.3) is 0 Å². The van der Waals surface area contributed by atoms with E-state index in [1.54, 1.807) is 36.9 Å². The number of methoxy groups -OCH3 is 2. The van der Waals surface area contributed by atoms with Crippen LogP contribution in [0.15, 0.2) is 40.4 Å². The van der Waals surface area contributed by atoms with Crippen LogP contribution in [0.4, 0.5) is 0 Å². The summed E-state index contributed by atoms with van der Waals surface area (Å²) in [5.41, 5.74) is 3.17. The molecule has 0 saturated carbocycles. The van der Waals surface area contributed by atoms with E-state index in [1.165, 1.54) is 5.56 Å². The van der Waals surface area contributed by atoms with Gasteiger partial charge in [-0.2, -0.15) is 11.3 Å². The highest BCUT2D eigenvalue weighted by Gasteiger charge is 2.22. The first-order chi connectivity index (χ1) is 14.7. The molecular formula is C22H25N3O3S2. The van der Waals surface area contributed by atoms with E-state index in [1.807, 2.05) is 27.8 Å². The van der Waals surface area contributed by atoms with Crippen LogP contribution in [-0.2, 0) is 17.8 Å². The minimum Gasteiger partial charge on any atom is -0.493 e. The second-order valence-corrected chi connectivity index (χ2v) is 8.82. The predicted molar refractivity (Wildman–Crippen MR) is 121 cm³/mol. The van der Waals surface area contributed by atoms with E-state index in [4.69, 9.17) is 9.47 Å². The third kappa shape index (κ3) is 4.83. The largest absolute Gasteiger partial charge is 0.493 e. The third-order valence-electron chi connectivity index (χ3n) is 5.23. The quantitative estimate of drug-likeness (QED) is 0.556. The zero-order valence-electron chi connectivity index (χ0n) is 17.2. The predicted octanol–water partition coefficient (Wildman–Crippen LogP) is 3.78. The zero-order valence-corrected chi connectivity index (χ0v) is 18.8. The van der Waals surface area contributed by atoms with Crippen molar-refractivity contribution in [3.8, 4) is 22.1 Å². The SMILES string of the molecule is COc1ccc(CN2CCN(C(=O)Cc3csc(-c4ccsc4)n3)CC2)cc1OC. The Labute approximate surface area is 184 Å². The van der Waals surface area contributed by atoms with E-state index in [0.29, 0.717) is 6.42 Å². The number of hydrogen-bond acceptors (Lipinski definition) is 7. The first kappa shape index (κ1) is 20.8. The summed E-state index contributed by atoms with van der Waals surface area (Å²) in [4.78, 5) is 21.7. The molecule has 3 heterocycles. The van der Waals surface area contributed by atoms with E-state index < -0.39 is 0 Å². The summed E-state index contributed by atoms with van der Waals surface area (Å²) in [5, 5.41) is 7.11. The van der Waals surface area contributed by atoms with E-state index >= 15 is 0 Å². The van der Waals surface area contributed by atoms with Crippen LogP contribution < -0.4 is 9.47 Å². The Bertz CT molecular complexity index is 979. The van der Waals surface area contributed by atoms with Gasteiger partial charge in [0.05, 0.1) is 26.3 Å². The van der Waals surface area contributed by atoms with Gasteiger partial charge in [-0.05, 0) is 29.1 Å². The number of thiophene rings is 1. The number of carbonyl (C=O) groups excluding carboxylic acids is 1. The zero-order chi connectivity index (χ0) is 20.9. The summed E-state index contributed by atoms with van der Waals surface area (Å²) in [6.07, 6.45) is 0.371. The maximum absolute atomic E-state index is 12.7. The molecule has 3 aromatic rings. The van der Waals surface area contributed by atoms with Gasteiger partial charge in [0.15, 0.2) is 11.5 Å². The molecule has 0 aliphatic carbocycles. The molecule has 1 aromatic carbocycles. The topological polar surface area (TPSA) is 54.9 Å². The standard InChI is InChI=1S/C22H25N3O3S2/c1-27-19-4-3-16(11-20(19)28-2)13-24-6-8-25(9-7-24)21(26)12-18-15-30-22(23-18)17-5-10-29-14-17/h3-5,10-11,14-15H,6-9,12-13H2,1-2H3. The van der Waals surface area contributed by atoms with Crippen LogP contribution in [0.25, 0.3) is 10.6 Å². The normalized spacial score (nSPS) is 14.7. The Morgan fingerprint density at radius 1 is 1.07 bits per heavy atom. The van der Waals surface area contributed by atoms with Crippen molar-refractivity contribution in [2.45, 2.75) is 13.0 Å². The van der Waals surface area contributed by atoms with Crippen LogP contribution >= 0.6 is 22.7 Å². The molecule has 158 valence electrons. The van der Waals surface area contributed by atoms with Crippen molar-refractivity contribution in [3.05, 3.63) is 51.7 Å². The van der Waals surface area contributed by atoms with Gasteiger partial charge >= 0.3 is 0 Å². The van der Waals surface area contributed by atoms with Gasteiger partial charge in [0.2, 0.25) is 5.91 Å². The summed E-state index contributed by atoms with van der Waals surface area (Å²) in [5.74, 6) is 1.64. The van der Waals surface area contributed by atoms with Crippen LogP contribution in [0.1, 0.15) is 11.3 Å². The van der Waals surface area contributed by atoms with Crippen molar-refractivity contribution >= 4 is 28.6 Å². The molecule has 0 N–H and O–H groups in total. The maximum Gasteiger partial charge on any atom is 0.228 e. The average Bonchev–Trinajstić information content (AvgIpc) is 3.46. The first-order valence-electron chi connectivity index (χ1n) is 9.84. The van der Waals surface area contributed by atoms with Crippen molar-refractivity contribution in [2.24, 2.45) is 0 Å². The number of aromatic nitrogens is 1. The Morgan fingerprint density at radius 2 is 1.87 bits per heavy atom. The highest BCUT2D eigenvalue weighted by atomic mass is 32.1. The second-order valence-electron chi connectivity index (χ2n) is 7.18. The molecule has 30 heavy (non-hydrogen) atoms. The molecular weight excluding hydrogens is 418 g/mol. The van der Waals surface area contributed by atoms with Gasteiger partial charge < -0.3 is 14.4 Å². The van der Waals surface area contributed by atoms with E-state index in [2.05, 4.69) is 27.4 Å². The van der Waals surface area contributed by atoms with Crippen molar-refractivity contribution < 1.29 is 14.3 Å². The molecule has 6 nitrogen and oxygen atoms in total. The molecule has 0 bridgehead atoms. The van der Waals surface area contributed by atoms with E-state index in [9.17, 15) is 4.79 Å². The van der Waals surface area contributed by atoms with E-state index in [0.717, 1.165) is 60.5 Å². The average molecular weight is 444 g/mol. The van der Waals surface area contributed by atoms with Gasteiger partial charge in [-0.3, -0.25) is 9.69 Å². The molecule has 0 unspecified atom stereocenters. The number of ether oxygens (including phenoxy) is 2. The number of piperazine rings is 1. The molecule has 1 amide bonds. The second kappa shape index (κ2) is 9.59. The van der Waals surface area contributed by atoms with E-state index in [-0.39, 0.29) is 5.91 Å². The Morgan fingerprint density at radius 3 is 2.57 bits per heavy atom. The van der Waals surface area contributed by atoms with Gasteiger partial charge in [-0.25, -0.2) is 4.98 Å². The van der Waals surface area contributed by atoms with Crippen LogP contribution in [0.3, 0.4) is 0 Å². The van der Waals surface area contributed by atoms with Crippen molar-refractivity contribution in [2.75, 3.05) is 40.4 Å². The highest BCUT2D eigenvalue weighted by molar-refractivity contribution is 7.14.